The molecule has 3 rings (SSSR count). The van der Waals surface area contributed by atoms with Crippen LogP contribution in [0.1, 0.15) is 21.5 Å². The van der Waals surface area contributed by atoms with E-state index in [4.69, 9.17) is 9.47 Å². The summed E-state index contributed by atoms with van der Waals surface area (Å²) in [5, 5.41) is 3.98. The number of aryl methyl sites for hydroxylation is 1. The number of amides is 4. The number of hydrogen-bond acceptors (Lipinski definition) is 6. The molecule has 8 heteroatoms. The molecule has 1 fully saturated rings. The SMILES string of the molecule is COc1cc(C=C2C(=O)NC(=O)NC2=O)ccc1OC(=O)c1ccc(C)cc1. The maximum atomic E-state index is 12.3. The molecule has 4 amide bonds. The van der Waals surface area contributed by atoms with Gasteiger partial charge in [0.25, 0.3) is 11.8 Å². The van der Waals surface area contributed by atoms with Crippen LogP contribution in [-0.2, 0) is 9.59 Å². The number of carbonyl (C=O) groups excluding carboxylic acids is 4. The largest absolute Gasteiger partial charge is 0.493 e. The Labute approximate surface area is 160 Å². The van der Waals surface area contributed by atoms with E-state index < -0.39 is 23.8 Å². The van der Waals surface area contributed by atoms with Gasteiger partial charge in [-0.15, -0.1) is 0 Å². The average Bonchev–Trinajstić information content (AvgIpc) is 2.66. The number of ether oxygens (including phenoxy) is 2. The van der Waals surface area contributed by atoms with Gasteiger partial charge in [-0.1, -0.05) is 23.8 Å². The average molecular weight is 380 g/mol. The summed E-state index contributed by atoms with van der Waals surface area (Å²) in [7, 11) is 1.40. The van der Waals surface area contributed by atoms with Gasteiger partial charge >= 0.3 is 12.0 Å². The third-order valence-electron chi connectivity index (χ3n) is 3.93. The molecule has 2 aromatic rings. The fourth-order valence-corrected chi connectivity index (χ4v) is 2.48. The number of urea groups is 1. The first-order chi connectivity index (χ1) is 13.4. The molecule has 142 valence electrons. The van der Waals surface area contributed by atoms with E-state index in [1.165, 1.54) is 25.3 Å². The molecule has 8 nitrogen and oxygen atoms in total. The zero-order valence-corrected chi connectivity index (χ0v) is 15.1. The molecule has 0 spiro atoms. The van der Waals surface area contributed by atoms with Gasteiger partial charge in [-0.3, -0.25) is 20.2 Å². The number of imide groups is 2. The molecule has 0 aromatic heterocycles. The molecule has 0 aliphatic carbocycles. The maximum absolute atomic E-state index is 12.3. The van der Waals surface area contributed by atoms with E-state index in [0.717, 1.165) is 5.56 Å². The maximum Gasteiger partial charge on any atom is 0.343 e. The Morgan fingerprint density at radius 1 is 0.929 bits per heavy atom. The molecule has 28 heavy (non-hydrogen) atoms. The van der Waals surface area contributed by atoms with Gasteiger partial charge in [0.15, 0.2) is 11.5 Å². The molecule has 0 radical (unpaired) electrons. The first-order valence-electron chi connectivity index (χ1n) is 8.22. The van der Waals surface area contributed by atoms with Crippen LogP contribution in [0.15, 0.2) is 48.0 Å². The zero-order chi connectivity index (χ0) is 20.3. The van der Waals surface area contributed by atoms with Crippen LogP contribution in [0.2, 0.25) is 0 Å². The van der Waals surface area contributed by atoms with Crippen molar-refractivity contribution in [2.24, 2.45) is 0 Å². The van der Waals surface area contributed by atoms with Crippen molar-refractivity contribution in [3.05, 3.63) is 64.7 Å². The lowest BCUT2D eigenvalue weighted by atomic mass is 10.1. The number of benzene rings is 2. The van der Waals surface area contributed by atoms with Crippen molar-refractivity contribution < 1.29 is 28.7 Å². The minimum absolute atomic E-state index is 0.183. The molecular formula is C20H16N2O6. The smallest absolute Gasteiger partial charge is 0.343 e. The second-order valence-corrected chi connectivity index (χ2v) is 5.96. The van der Waals surface area contributed by atoms with Gasteiger partial charge in [0.1, 0.15) is 5.57 Å². The number of hydrogen-bond donors (Lipinski definition) is 2. The summed E-state index contributed by atoms with van der Waals surface area (Å²) in [6.07, 6.45) is 1.30. The van der Waals surface area contributed by atoms with Crippen LogP contribution >= 0.6 is 0 Å². The summed E-state index contributed by atoms with van der Waals surface area (Å²) in [6.45, 7) is 1.91. The van der Waals surface area contributed by atoms with Gasteiger partial charge in [0, 0.05) is 0 Å². The summed E-state index contributed by atoms with van der Waals surface area (Å²) in [5.74, 6) is -1.73. The van der Waals surface area contributed by atoms with E-state index in [0.29, 0.717) is 11.1 Å². The fourth-order valence-electron chi connectivity index (χ4n) is 2.48. The lowest BCUT2D eigenvalue weighted by Gasteiger charge is -2.14. The van der Waals surface area contributed by atoms with Gasteiger partial charge in [-0.2, -0.15) is 0 Å². The van der Waals surface area contributed by atoms with Crippen molar-refractivity contribution in [2.75, 3.05) is 7.11 Å². The van der Waals surface area contributed by atoms with Gasteiger partial charge in [0.05, 0.1) is 12.7 Å². The van der Waals surface area contributed by atoms with Crippen LogP contribution in [0.25, 0.3) is 6.08 Å². The molecule has 0 unspecified atom stereocenters. The minimum atomic E-state index is -0.872. The van der Waals surface area contributed by atoms with Gasteiger partial charge in [-0.05, 0) is 42.8 Å². The summed E-state index contributed by atoms with van der Waals surface area (Å²) in [5.41, 5.74) is 1.62. The van der Waals surface area contributed by atoms with Crippen molar-refractivity contribution in [1.82, 2.24) is 10.6 Å². The molecule has 1 saturated heterocycles. The summed E-state index contributed by atoms with van der Waals surface area (Å²) in [6, 6.07) is 10.6. The van der Waals surface area contributed by atoms with E-state index in [2.05, 4.69) is 0 Å². The minimum Gasteiger partial charge on any atom is -0.493 e. The molecular weight excluding hydrogens is 364 g/mol. The standard InChI is InChI=1S/C20H16N2O6/c1-11-3-6-13(7-4-11)19(25)28-15-8-5-12(10-16(15)27-2)9-14-17(23)21-20(26)22-18(14)24/h3-10H,1-2H3,(H2,21,22,23,24,26). The summed E-state index contributed by atoms with van der Waals surface area (Å²) < 4.78 is 10.6. The molecule has 1 heterocycles. The van der Waals surface area contributed by atoms with Gasteiger partial charge in [0.2, 0.25) is 0 Å². The fraction of sp³-hybridized carbons (Fsp3) is 0.100. The Hall–Kier alpha value is -3.94. The Balaban J connectivity index is 1.84. The number of carbonyl (C=O) groups is 4. The Morgan fingerprint density at radius 2 is 1.57 bits per heavy atom. The summed E-state index contributed by atoms with van der Waals surface area (Å²) in [4.78, 5) is 47.0. The number of methoxy groups -OCH3 is 1. The number of rotatable bonds is 4. The Kier molecular flexibility index (Phi) is 5.21. The highest BCUT2D eigenvalue weighted by Gasteiger charge is 2.27. The van der Waals surface area contributed by atoms with Crippen LogP contribution in [-0.4, -0.2) is 30.9 Å². The molecule has 0 saturated carbocycles. The second-order valence-electron chi connectivity index (χ2n) is 5.96. The molecule has 2 N–H and O–H groups in total. The number of barbiturate groups is 1. The van der Waals surface area contributed by atoms with Crippen molar-refractivity contribution in [3.63, 3.8) is 0 Å². The Morgan fingerprint density at radius 3 is 2.18 bits per heavy atom. The van der Waals surface area contributed by atoms with E-state index in [9.17, 15) is 19.2 Å². The van der Waals surface area contributed by atoms with Gasteiger partial charge < -0.3 is 9.47 Å². The topological polar surface area (TPSA) is 111 Å². The molecule has 1 aliphatic rings. The number of esters is 1. The molecule has 0 atom stereocenters. The van der Waals surface area contributed by atoms with Crippen molar-refractivity contribution in [1.29, 1.82) is 0 Å². The van der Waals surface area contributed by atoms with Crippen molar-refractivity contribution in [3.8, 4) is 11.5 Å². The highest BCUT2D eigenvalue weighted by molar-refractivity contribution is 6.31. The summed E-state index contributed by atoms with van der Waals surface area (Å²) >= 11 is 0. The monoisotopic (exact) mass is 380 g/mol. The van der Waals surface area contributed by atoms with Crippen LogP contribution in [0, 0.1) is 6.92 Å². The van der Waals surface area contributed by atoms with Crippen molar-refractivity contribution in [2.45, 2.75) is 6.92 Å². The van der Waals surface area contributed by atoms with Gasteiger partial charge in [-0.25, -0.2) is 9.59 Å². The lowest BCUT2D eigenvalue weighted by Crippen LogP contribution is -2.51. The lowest BCUT2D eigenvalue weighted by molar-refractivity contribution is -0.123. The first kappa shape index (κ1) is 18.8. The van der Waals surface area contributed by atoms with Crippen LogP contribution < -0.4 is 20.1 Å². The third kappa shape index (κ3) is 4.07. The zero-order valence-electron chi connectivity index (χ0n) is 15.1. The predicted octanol–water partition coefficient (Wildman–Crippen LogP) is 1.97. The van der Waals surface area contributed by atoms with Crippen LogP contribution in [0.4, 0.5) is 4.79 Å². The molecule has 1 aliphatic heterocycles. The number of nitrogens with one attached hydrogen (secondary N) is 2. The third-order valence-corrected chi connectivity index (χ3v) is 3.93. The van der Waals surface area contributed by atoms with Crippen molar-refractivity contribution >= 4 is 29.9 Å². The van der Waals surface area contributed by atoms with Crippen LogP contribution in [0.5, 0.6) is 11.5 Å². The van der Waals surface area contributed by atoms with E-state index in [1.807, 2.05) is 17.6 Å². The Bertz CT molecular complexity index is 986. The van der Waals surface area contributed by atoms with E-state index in [1.54, 1.807) is 30.3 Å². The van der Waals surface area contributed by atoms with Crippen LogP contribution in [0.3, 0.4) is 0 Å². The quantitative estimate of drug-likeness (QED) is 0.363. The first-order valence-corrected chi connectivity index (χ1v) is 8.22. The van der Waals surface area contributed by atoms with E-state index in [-0.39, 0.29) is 17.1 Å². The normalized spacial score (nSPS) is 13.5. The van der Waals surface area contributed by atoms with E-state index >= 15 is 0 Å². The molecule has 2 aromatic carbocycles. The second kappa shape index (κ2) is 7.75. The molecule has 0 bridgehead atoms. The highest BCUT2D eigenvalue weighted by atomic mass is 16.6. The predicted molar refractivity (Wildman–Crippen MR) is 98.8 cm³/mol. The highest BCUT2D eigenvalue weighted by Crippen LogP contribution is 2.30.